The van der Waals surface area contributed by atoms with E-state index < -0.39 is 32.4 Å². The molecular weight excluding hydrogens is 793 g/mol. The highest BCUT2D eigenvalue weighted by Crippen LogP contribution is 2.64. The van der Waals surface area contributed by atoms with Gasteiger partial charge in [0, 0.05) is 19.6 Å². The number of aryl methyl sites for hydroxylation is 2. The van der Waals surface area contributed by atoms with Gasteiger partial charge in [-0.2, -0.15) is 0 Å². The molecule has 0 aliphatic heterocycles. The second-order valence-corrected chi connectivity index (χ2v) is 20.2. The molecule has 9 aromatic carbocycles. The first kappa shape index (κ1) is 36.0. The Morgan fingerprint density at radius 1 is 0.274 bits per heavy atom. The Kier molecular flexibility index (Phi) is 7.49. The fraction of sp³-hybridized carbons (Fsp3) is 0.0690. The standard InChI is InChI=1S/C58H38O2S2/c1-35-19-27-45-46-28-20-36(2)32-54(46)58(53(45)31-35)52-18-10-6-14-44(52)48-30-26-40(34-56(48)58)62(60)38-23-21-37(22-24-38)61(59)39-25-29-47-43-13-5-9-17-51(43)57(55(47)33-39)49-15-7-3-11-41(49)42-12-4-8-16-50(42)57/h3-34H,1-2H3. The van der Waals surface area contributed by atoms with Gasteiger partial charge in [-0.05, 0) is 151 Å². The van der Waals surface area contributed by atoms with Crippen molar-refractivity contribution >= 4 is 21.6 Å². The molecule has 2 atom stereocenters. The smallest absolute Gasteiger partial charge is 0.0849 e. The maximum Gasteiger partial charge on any atom is 0.0849 e. The minimum Gasteiger partial charge on any atom is -0.249 e. The highest BCUT2D eigenvalue weighted by molar-refractivity contribution is 7.85. The van der Waals surface area contributed by atoms with E-state index in [1.54, 1.807) is 0 Å². The molecule has 2 unspecified atom stereocenters. The molecule has 0 fully saturated rings. The Balaban J connectivity index is 0.886. The van der Waals surface area contributed by atoms with Gasteiger partial charge in [0.05, 0.1) is 32.4 Å². The summed E-state index contributed by atoms with van der Waals surface area (Å²) in [6.07, 6.45) is 0. The molecule has 4 heteroatoms. The quantitative estimate of drug-likeness (QED) is 0.177. The Hall–Kier alpha value is -6.72. The zero-order valence-electron chi connectivity index (χ0n) is 34.1. The molecule has 0 saturated carbocycles. The van der Waals surface area contributed by atoms with Gasteiger partial charge in [-0.3, -0.25) is 0 Å². The number of benzene rings is 9. The van der Waals surface area contributed by atoms with Gasteiger partial charge in [-0.15, -0.1) is 0 Å². The van der Waals surface area contributed by atoms with E-state index in [0.717, 1.165) is 15.4 Å². The van der Waals surface area contributed by atoms with E-state index >= 15 is 0 Å². The van der Waals surface area contributed by atoms with Crippen LogP contribution in [0.15, 0.2) is 214 Å². The molecule has 9 aromatic rings. The molecule has 0 heterocycles. The van der Waals surface area contributed by atoms with Crippen molar-refractivity contribution in [3.63, 3.8) is 0 Å². The highest BCUT2D eigenvalue weighted by Gasteiger charge is 2.53. The molecule has 0 saturated heterocycles. The van der Waals surface area contributed by atoms with Crippen LogP contribution in [0.2, 0.25) is 0 Å². The zero-order valence-corrected chi connectivity index (χ0v) is 35.7. The molecular formula is C58H38O2S2. The number of hydrogen-bond donors (Lipinski definition) is 0. The second-order valence-electron chi connectivity index (χ2n) is 17.2. The topological polar surface area (TPSA) is 34.1 Å². The number of rotatable bonds is 4. The highest BCUT2D eigenvalue weighted by atomic mass is 32.2. The van der Waals surface area contributed by atoms with Crippen molar-refractivity contribution in [1.29, 1.82) is 0 Å². The summed E-state index contributed by atoms with van der Waals surface area (Å²) >= 11 is 0. The van der Waals surface area contributed by atoms with Crippen LogP contribution >= 0.6 is 0 Å². The summed E-state index contributed by atoms with van der Waals surface area (Å²) in [5, 5.41) is 0. The molecule has 13 rings (SSSR count). The van der Waals surface area contributed by atoms with E-state index in [1.165, 1.54) is 94.6 Å². The third kappa shape index (κ3) is 4.53. The Morgan fingerprint density at radius 3 is 0.887 bits per heavy atom. The second kappa shape index (κ2) is 12.9. The van der Waals surface area contributed by atoms with Gasteiger partial charge in [-0.25, -0.2) is 8.42 Å². The monoisotopic (exact) mass is 830 g/mol. The molecule has 62 heavy (non-hydrogen) atoms. The minimum atomic E-state index is -1.48. The third-order valence-corrected chi connectivity index (χ3v) is 16.9. The van der Waals surface area contributed by atoms with E-state index in [4.69, 9.17) is 0 Å². The van der Waals surface area contributed by atoms with Crippen molar-refractivity contribution in [3.8, 4) is 44.5 Å². The van der Waals surface area contributed by atoms with Crippen molar-refractivity contribution in [2.45, 2.75) is 44.3 Å². The number of fused-ring (bicyclic) bond motifs is 20. The fourth-order valence-corrected chi connectivity index (χ4v) is 13.8. The summed E-state index contributed by atoms with van der Waals surface area (Å²) in [6.45, 7) is 4.33. The maximum atomic E-state index is 14.7. The van der Waals surface area contributed by atoms with Crippen LogP contribution < -0.4 is 0 Å². The van der Waals surface area contributed by atoms with Crippen LogP contribution in [-0.2, 0) is 32.4 Å². The van der Waals surface area contributed by atoms with Crippen LogP contribution in [0, 0.1) is 13.8 Å². The minimum absolute atomic E-state index is 0.504. The summed E-state index contributed by atoms with van der Waals surface area (Å²) in [6, 6.07) is 68.9. The maximum absolute atomic E-state index is 14.7. The van der Waals surface area contributed by atoms with E-state index in [-0.39, 0.29) is 0 Å². The Morgan fingerprint density at radius 2 is 0.532 bits per heavy atom. The summed E-state index contributed by atoms with van der Waals surface area (Å²) in [4.78, 5) is 2.85. The molecule has 4 aliphatic carbocycles. The van der Waals surface area contributed by atoms with Crippen molar-refractivity contribution in [2.75, 3.05) is 0 Å². The van der Waals surface area contributed by atoms with Crippen molar-refractivity contribution in [3.05, 3.63) is 250 Å². The van der Waals surface area contributed by atoms with Gasteiger partial charge in [0.25, 0.3) is 0 Å². The van der Waals surface area contributed by atoms with Gasteiger partial charge in [0.2, 0.25) is 0 Å². The molecule has 294 valence electrons. The van der Waals surface area contributed by atoms with E-state index in [1.807, 2.05) is 36.4 Å². The third-order valence-electron chi connectivity index (χ3n) is 14.1. The molecule has 0 bridgehead atoms. The first-order valence-electron chi connectivity index (χ1n) is 21.2. The van der Waals surface area contributed by atoms with Crippen LogP contribution in [0.3, 0.4) is 0 Å². The number of hydrogen-bond acceptors (Lipinski definition) is 2. The molecule has 0 radical (unpaired) electrons. The molecule has 0 amide bonds. The van der Waals surface area contributed by atoms with Gasteiger partial charge in [-0.1, -0.05) is 157 Å². The van der Waals surface area contributed by atoms with Gasteiger partial charge in [0.15, 0.2) is 0 Å². The normalized spacial score (nSPS) is 15.5. The Bertz CT molecular complexity index is 3370. The van der Waals surface area contributed by atoms with E-state index in [0.29, 0.717) is 9.79 Å². The van der Waals surface area contributed by atoms with Crippen molar-refractivity contribution in [1.82, 2.24) is 0 Å². The Labute approximate surface area is 366 Å². The van der Waals surface area contributed by atoms with Crippen LogP contribution in [0.25, 0.3) is 44.5 Å². The lowest BCUT2D eigenvalue weighted by molar-refractivity contribution is 0.680. The SMILES string of the molecule is Cc1ccc2c(c1)C1(c3ccccc3-c3ccc(S(=O)c4ccc(S(=O)c5ccc6c(c5)C5(c7ccccc7-c7ccccc75)c5ccccc5-6)cc4)cc31)c1cc(C)ccc1-2. The lowest BCUT2D eigenvalue weighted by atomic mass is 9.70. The van der Waals surface area contributed by atoms with Crippen LogP contribution in [-0.4, -0.2) is 8.42 Å². The first-order chi connectivity index (χ1) is 30.4. The van der Waals surface area contributed by atoms with Crippen LogP contribution in [0.5, 0.6) is 0 Å². The fourth-order valence-electron chi connectivity index (χ4n) is 11.7. The van der Waals surface area contributed by atoms with Gasteiger partial charge >= 0.3 is 0 Å². The van der Waals surface area contributed by atoms with Crippen LogP contribution in [0.1, 0.15) is 55.6 Å². The molecule has 2 nitrogen and oxygen atoms in total. The molecule has 2 spiro atoms. The summed E-state index contributed by atoms with van der Waals surface area (Å²) < 4.78 is 29.3. The lowest BCUT2D eigenvalue weighted by Gasteiger charge is -2.31. The van der Waals surface area contributed by atoms with Crippen molar-refractivity contribution < 1.29 is 8.42 Å². The predicted octanol–water partition coefficient (Wildman–Crippen LogP) is 13.3. The first-order valence-corrected chi connectivity index (χ1v) is 23.5. The summed E-state index contributed by atoms with van der Waals surface area (Å²) in [5.74, 6) is 0. The van der Waals surface area contributed by atoms with Gasteiger partial charge in [0.1, 0.15) is 0 Å². The molecule has 4 aliphatic rings. The molecule has 0 aromatic heterocycles. The largest absolute Gasteiger partial charge is 0.249 e. The summed E-state index contributed by atoms with van der Waals surface area (Å²) in [5.41, 5.74) is 21.1. The van der Waals surface area contributed by atoms with E-state index in [9.17, 15) is 8.42 Å². The van der Waals surface area contributed by atoms with Crippen molar-refractivity contribution in [2.24, 2.45) is 0 Å². The molecule has 0 N–H and O–H groups in total. The average molecular weight is 831 g/mol. The summed E-state index contributed by atoms with van der Waals surface area (Å²) in [7, 11) is -2.96. The lowest BCUT2D eigenvalue weighted by Crippen LogP contribution is -2.26. The zero-order chi connectivity index (χ0) is 41.5. The van der Waals surface area contributed by atoms with E-state index in [2.05, 4.69) is 172 Å². The van der Waals surface area contributed by atoms with Crippen LogP contribution in [0.4, 0.5) is 0 Å². The van der Waals surface area contributed by atoms with Gasteiger partial charge < -0.3 is 0 Å². The predicted molar refractivity (Wildman–Crippen MR) is 251 cm³/mol. The average Bonchev–Trinajstić information content (AvgIpc) is 3.99.